The number of anilines is 1. The van der Waals surface area contributed by atoms with Crippen LogP contribution in [0.15, 0.2) is 47.3 Å². The number of H-pyrrole nitrogens is 2. The Labute approximate surface area is 143 Å². The van der Waals surface area contributed by atoms with Gasteiger partial charge in [-0.3, -0.25) is 14.6 Å². The minimum Gasteiger partial charge on any atom is -0.332 e. The number of nitrogens with one attached hydrogen (secondary N) is 3. The van der Waals surface area contributed by atoms with Gasteiger partial charge in [0.2, 0.25) is 0 Å². The highest BCUT2D eigenvalue weighted by molar-refractivity contribution is 7.71. The highest BCUT2D eigenvalue weighted by Crippen LogP contribution is 2.19. The van der Waals surface area contributed by atoms with E-state index in [4.69, 9.17) is 12.2 Å². The van der Waals surface area contributed by atoms with Crippen molar-refractivity contribution in [2.45, 2.75) is 19.8 Å². The number of hydrogen-bond donors (Lipinski definition) is 3. The van der Waals surface area contributed by atoms with Crippen molar-refractivity contribution in [3.8, 4) is 0 Å². The molecule has 1 amide bonds. The SMILES string of the molecule is CC(C)c1cccc(NC(=O)c2ccc3c(=O)[nH]c(=S)[nH]c3c2)c1. The number of carbonyl (C=O) groups is 1. The van der Waals surface area contributed by atoms with E-state index in [1.54, 1.807) is 18.2 Å². The molecule has 1 heterocycles. The summed E-state index contributed by atoms with van der Waals surface area (Å²) in [4.78, 5) is 29.7. The second-order valence-electron chi connectivity index (χ2n) is 5.90. The number of aromatic nitrogens is 2. The van der Waals surface area contributed by atoms with Crippen LogP contribution in [0.3, 0.4) is 0 Å². The van der Waals surface area contributed by atoms with Crippen LogP contribution in [0.5, 0.6) is 0 Å². The molecule has 0 bridgehead atoms. The number of carbonyl (C=O) groups excluding carboxylic acids is 1. The van der Waals surface area contributed by atoms with Gasteiger partial charge < -0.3 is 10.3 Å². The summed E-state index contributed by atoms with van der Waals surface area (Å²) >= 11 is 4.97. The van der Waals surface area contributed by atoms with E-state index in [1.165, 1.54) is 0 Å². The second kappa shape index (κ2) is 6.41. The maximum Gasteiger partial charge on any atom is 0.259 e. The normalized spacial score (nSPS) is 11.0. The fourth-order valence-electron chi connectivity index (χ4n) is 2.49. The van der Waals surface area contributed by atoms with Crippen molar-refractivity contribution in [1.29, 1.82) is 0 Å². The Balaban J connectivity index is 1.93. The Kier molecular flexibility index (Phi) is 4.31. The van der Waals surface area contributed by atoms with Crippen LogP contribution < -0.4 is 10.9 Å². The van der Waals surface area contributed by atoms with E-state index < -0.39 is 0 Å². The Morgan fingerprint density at radius 3 is 2.67 bits per heavy atom. The summed E-state index contributed by atoms with van der Waals surface area (Å²) < 4.78 is 0.231. The van der Waals surface area contributed by atoms with E-state index in [0.29, 0.717) is 22.4 Å². The van der Waals surface area contributed by atoms with Gasteiger partial charge in [0.05, 0.1) is 10.9 Å². The Hall–Kier alpha value is -2.73. The lowest BCUT2D eigenvalue weighted by Gasteiger charge is -2.10. The van der Waals surface area contributed by atoms with Gasteiger partial charge in [-0.25, -0.2) is 0 Å². The average Bonchev–Trinajstić information content (AvgIpc) is 2.54. The quantitative estimate of drug-likeness (QED) is 0.632. The van der Waals surface area contributed by atoms with Gasteiger partial charge in [0, 0.05) is 11.3 Å². The van der Waals surface area contributed by atoms with Crippen LogP contribution in [0.2, 0.25) is 0 Å². The summed E-state index contributed by atoms with van der Waals surface area (Å²) in [6, 6.07) is 12.6. The number of rotatable bonds is 3. The molecule has 0 fully saturated rings. The van der Waals surface area contributed by atoms with Crippen LogP contribution in [0.4, 0.5) is 5.69 Å². The topological polar surface area (TPSA) is 77.8 Å². The van der Waals surface area contributed by atoms with E-state index in [9.17, 15) is 9.59 Å². The molecule has 0 aliphatic rings. The fourth-order valence-corrected chi connectivity index (χ4v) is 2.69. The first-order valence-corrected chi connectivity index (χ1v) is 8.02. The zero-order valence-corrected chi connectivity index (χ0v) is 14.2. The first kappa shape index (κ1) is 16.1. The van der Waals surface area contributed by atoms with E-state index in [0.717, 1.165) is 11.3 Å². The van der Waals surface area contributed by atoms with Crippen molar-refractivity contribution in [2.24, 2.45) is 0 Å². The van der Waals surface area contributed by atoms with E-state index in [-0.39, 0.29) is 16.2 Å². The molecule has 5 nitrogen and oxygen atoms in total. The molecule has 3 rings (SSSR count). The Morgan fingerprint density at radius 1 is 1.12 bits per heavy atom. The maximum absolute atomic E-state index is 12.5. The number of hydrogen-bond acceptors (Lipinski definition) is 3. The molecule has 0 aliphatic heterocycles. The summed E-state index contributed by atoms with van der Waals surface area (Å²) in [7, 11) is 0. The summed E-state index contributed by atoms with van der Waals surface area (Å²) in [6.45, 7) is 4.20. The minimum atomic E-state index is -0.273. The first-order chi connectivity index (χ1) is 11.4. The lowest BCUT2D eigenvalue weighted by molar-refractivity contribution is 0.102. The molecule has 0 atom stereocenters. The van der Waals surface area contributed by atoms with Crippen LogP contribution >= 0.6 is 12.2 Å². The van der Waals surface area contributed by atoms with Crippen LogP contribution in [-0.2, 0) is 0 Å². The van der Waals surface area contributed by atoms with Crippen molar-refractivity contribution in [3.05, 3.63) is 68.7 Å². The van der Waals surface area contributed by atoms with Crippen molar-refractivity contribution in [2.75, 3.05) is 5.32 Å². The zero-order chi connectivity index (χ0) is 17.3. The predicted molar refractivity (Wildman–Crippen MR) is 98.2 cm³/mol. The van der Waals surface area contributed by atoms with Gasteiger partial charge in [-0.15, -0.1) is 0 Å². The molecule has 0 radical (unpaired) electrons. The summed E-state index contributed by atoms with van der Waals surface area (Å²) in [5.41, 5.74) is 2.61. The first-order valence-electron chi connectivity index (χ1n) is 7.62. The number of aromatic amines is 2. The third-order valence-electron chi connectivity index (χ3n) is 3.81. The molecule has 3 aromatic rings. The molecule has 6 heteroatoms. The lowest BCUT2D eigenvalue weighted by Crippen LogP contribution is -2.13. The van der Waals surface area contributed by atoms with Crippen molar-refractivity contribution in [3.63, 3.8) is 0 Å². The standard InChI is InChI=1S/C18H17N3O2S/c1-10(2)11-4-3-5-13(8-11)19-16(22)12-6-7-14-15(9-12)20-18(24)21-17(14)23/h3-10H,1-2H3,(H,19,22)(H2,20,21,23,24). The second-order valence-corrected chi connectivity index (χ2v) is 6.31. The molecule has 3 N–H and O–H groups in total. The van der Waals surface area contributed by atoms with Crippen molar-refractivity contribution in [1.82, 2.24) is 9.97 Å². The van der Waals surface area contributed by atoms with Crippen LogP contribution in [0, 0.1) is 4.77 Å². The smallest absolute Gasteiger partial charge is 0.259 e. The number of benzene rings is 2. The third-order valence-corrected chi connectivity index (χ3v) is 4.02. The van der Waals surface area contributed by atoms with E-state index >= 15 is 0 Å². The predicted octanol–water partition coefficient (Wildman–Crippen LogP) is 3.96. The molecule has 0 unspecified atom stereocenters. The van der Waals surface area contributed by atoms with Gasteiger partial charge in [-0.05, 0) is 54.0 Å². The monoisotopic (exact) mass is 339 g/mol. The highest BCUT2D eigenvalue weighted by atomic mass is 32.1. The number of fused-ring (bicyclic) bond motifs is 1. The molecule has 0 spiro atoms. The van der Waals surface area contributed by atoms with Gasteiger partial charge in [-0.1, -0.05) is 26.0 Å². The molecule has 24 heavy (non-hydrogen) atoms. The average molecular weight is 339 g/mol. The van der Waals surface area contributed by atoms with E-state index in [1.807, 2.05) is 24.3 Å². The van der Waals surface area contributed by atoms with Gasteiger partial charge in [-0.2, -0.15) is 0 Å². The molecule has 0 saturated carbocycles. The third kappa shape index (κ3) is 3.28. The van der Waals surface area contributed by atoms with Gasteiger partial charge in [0.15, 0.2) is 4.77 Å². The van der Waals surface area contributed by atoms with Gasteiger partial charge >= 0.3 is 0 Å². The summed E-state index contributed by atoms with van der Waals surface area (Å²) in [6.07, 6.45) is 0. The highest BCUT2D eigenvalue weighted by Gasteiger charge is 2.09. The maximum atomic E-state index is 12.5. The van der Waals surface area contributed by atoms with Gasteiger partial charge in [0.25, 0.3) is 11.5 Å². The van der Waals surface area contributed by atoms with Crippen LogP contribution in [-0.4, -0.2) is 15.9 Å². The fraction of sp³-hybridized carbons (Fsp3) is 0.167. The minimum absolute atomic E-state index is 0.231. The number of amides is 1. The van der Waals surface area contributed by atoms with Crippen molar-refractivity contribution >= 4 is 34.7 Å². The molecule has 0 aliphatic carbocycles. The van der Waals surface area contributed by atoms with Gasteiger partial charge in [0.1, 0.15) is 0 Å². The molecule has 122 valence electrons. The van der Waals surface area contributed by atoms with E-state index in [2.05, 4.69) is 29.1 Å². The molecule has 2 aromatic carbocycles. The zero-order valence-electron chi connectivity index (χ0n) is 13.3. The summed E-state index contributed by atoms with van der Waals surface area (Å²) in [5, 5.41) is 3.34. The molecular weight excluding hydrogens is 322 g/mol. The van der Waals surface area contributed by atoms with Crippen LogP contribution in [0.25, 0.3) is 10.9 Å². The van der Waals surface area contributed by atoms with Crippen LogP contribution in [0.1, 0.15) is 35.7 Å². The lowest BCUT2D eigenvalue weighted by atomic mass is 10.0. The van der Waals surface area contributed by atoms with Crippen molar-refractivity contribution < 1.29 is 4.79 Å². The summed E-state index contributed by atoms with van der Waals surface area (Å²) in [5.74, 6) is 0.145. The Morgan fingerprint density at radius 2 is 1.92 bits per heavy atom. The molecular formula is C18H17N3O2S. The molecule has 0 saturated heterocycles. The molecule has 1 aromatic heterocycles. The Bertz CT molecular complexity index is 1030. The largest absolute Gasteiger partial charge is 0.332 e.